The van der Waals surface area contributed by atoms with Gasteiger partial charge in [-0.25, -0.2) is 0 Å². The smallest absolute Gasteiger partial charge is 0.224 e. The Morgan fingerprint density at radius 3 is 2.29 bits per heavy atom. The fourth-order valence-corrected chi connectivity index (χ4v) is 8.19. The van der Waals surface area contributed by atoms with Gasteiger partial charge < -0.3 is 35.8 Å². The number of para-hydroxylation sites is 2. The summed E-state index contributed by atoms with van der Waals surface area (Å²) in [7, 11) is 0. The first-order valence-corrected chi connectivity index (χ1v) is 20.0. The van der Waals surface area contributed by atoms with E-state index in [9.17, 15) is 14.7 Å². The molecule has 0 bridgehead atoms. The summed E-state index contributed by atoms with van der Waals surface area (Å²) < 4.78 is 13.5. The number of likely N-dealkylation sites (tertiary alicyclic amines) is 2. The monoisotopic (exact) mass is 745 g/mol. The van der Waals surface area contributed by atoms with Crippen LogP contribution in [0.3, 0.4) is 0 Å². The molecule has 7 rings (SSSR count). The zero-order valence-electron chi connectivity index (χ0n) is 31.7. The maximum absolute atomic E-state index is 12.8. The minimum Gasteiger partial charge on any atom is -0.397 e. The predicted molar refractivity (Wildman–Crippen MR) is 216 cm³/mol. The topological polar surface area (TPSA) is 129 Å². The average Bonchev–Trinajstić information content (AvgIpc) is 3.90. The highest BCUT2D eigenvalue weighted by Crippen LogP contribution is 2.39. The van der Waals surface area contributed by atoms with Gasteiger partial charge in [0.05, 0.1) is 30.2 Å². The molecule has 0 saturated carbocycles. The van der Waals surface area contributed by atoms with Crippen LogP contribution in [0.1, 0.15) is 86.0 Å². The molecule has 0 aliphatic carbocycles. The summed E-state index contributed by atoms with van der Waals surface area (Å²) in [6.45, 7) is 5.97. The summed E-state index contributed by atoms with van der Waals surface area (Å²) in [6, 6.07) is 32.2. The molecule has 0 aromatic heterocycles. The largest absolute Gasteiger partial charge is 0.397 e. The van der Waals surface area contributed by atoms with Gasteiger partial charge in [-0.2, -0.15) is 0 Å². The molecule has 4 aromatic rings. The number of nitrogens with one attached hydrogen (secondary N) is 2. The molecule has 4 aromatic carbocycles. The van der Waals surface area contributed by atoms with E-state index in [4.69, 9.17) is 15.2 Å². The predicted octanol–water partition coefficient (Wildman–Crippen LogP) is 6.96. The van der Waals surface area contributed by atoms with Gasteiger partial charge in [0.15, 0.2) is 6.29 Å². The van der Waals surface area contributed by atoms with E-state index in [2.05, 4.69) is 62.9 Å². The van der Waals surface area contributed by atoms with E-state index in [1.165, 1.54) is 38.8 Å². The molecule has 55 heavy (non-hydrogen) atoms. The van der Waals surface area contributed by atoms with Crippen molar-refractivity contribution in [1.82, 2.24) is 15.1 Å². The van der Waals surface area contributed by atoms with Gasteiger partial charge in [0.2, 0.25) is 11.8 Å². The van der Waals surface area contributed by atoms with Crippen LogP contribution in [-0.2, 0) is 32.2 Å². The summed E-state index contributed by atoms with van der Waals surface area (Å²) in [6.07, 6.45) is 6.15. The molecular weight excluding hydrogens is 691 g/mol. The van der Waals surface area contributed by atoms with Crippen molar-refractivity contribution >= 4 is 23.2 Å². The number of carbonyl (C=O) groups is 2. The molecule has 5 N–H and O–H groups in total. The molecule has 10 nitrogen and oxygen atoms in total. The van der Waals surface area contributed by atoms with Crippen molar-refractivity contribution in [2.75, 3.05) is 43.8 Å². The van der Waals surface area contributed by atoms with Crippen molar-refractivity contribution in [3.05, 3.63) is 119 Å². The van der Waals surface area contributed by atoms with E-state index in [0.29, 0.717) is 30.4 Å². The SMILES string of the molecule is Nc1ccccc1NC(=O)CCCC(=O)NCc1ccccc1-c1ccc(C2OC(CN3CCCC3CN3CCCC3)CC(c3ccc(CO)cc3)O2)cc1. The Labute approximate surface area is 325 Å². The third-order valence-electron chi connectivity index (χ3n) is 11.2. The van der Waals surface area contributed by atoms with Crippen LogP contribution in [-0.4, -0.2) is 71.6 Å². The molecule has 3 aliphatic rings. The first kappa shape index (κ1) is 38.7. The lowest BCUT2D eigenvalue weighted by Gasteiger charge is -2.39. The van der Waals surface area contributed by atoms with E-state index in [-0.39, 0.29) is 43.5 Å². The van der Waals surface area contributed by atoms with Crippen molar-refractivity contribution in [3.8, 4) is 11.1 Å². The number of amides is 2. The number of benzene rings is 4. The van der Waals surface area contributed by atoms with Crippen LogP contribution in [0.5, 0.6) is 0 Å². The highest BCUT2D eigenvalue weighted by molar-refractivity contribution is 5.94. The molecule has 4 atom stereocenters. The number of aliphatic hydroxyl groups is 1. The average molecular weight is 746 g/mol. The number of carbonyl (C=O) groups excluding carboxylic acids is 2. The van der Waals surface area contributed by atoms with E-state index < -0.39 is 6.29 Å². The number of nitrogens with zero attached hydrogens (tertiary/aromatic N) is 2. The van der Waals surface area contributed by atoms with Gasteiger partial charge in [-0.1, -0.05) is 84.9 Å². The van der Waals surface area contributed by atoms with E-state index in [0.717, 1.165) is 59.4 Å². The molecule has 3 heterocycles. The Balaban J connectivity index is 0.977. The summed E-state index contributed by atoms with van der Waals surface area (Å²) in [5, 5.41) is 15.5. The summed E-state index contributed by atoms with van der Waals surface area (Å²) in [5.41, 5.74) is 13.0. The first-order chi connectivity index (χ1) is 26.9. The second kappa shape index (κ2) is 18.8. The van der Waals surface area contributed by atoms with Crippen LogP contribution < -0.4 is 16.4 Å². The lowest BCUT2D eigenvalue weighted by Crippen LogP contribution is -2.45. The van der Waals surface area contributed by atoms with Crippen LogP contribution in [0.4, 0.5) is 11.4 Å². The van der Waals surface area contributed by atoms with Gasteiger partial charge in [0, 0.05) is 50.5 Å². The number of aliphatic hydroxyl groups excluding tert-OH is 1. The van der Waals surface area contributed by atoms with Crippen molar-refractivity contribution in [1.29, 1.82) is 0 Å². The zero-order chi connectivity index (χ0) is 38.0. The van der Waals surface area contributed by atoms with Crippen LogP contribution >= 0.6 is 0 Å². The van der Waals surface area contributed by atoms with Crippen LogP contribution in [0.15, 0.2) is 97.1 Å². The molecule has 3 fully saturated rings. The lowest BCUT2D eigenvalue weighted by molar-refractivity contribution is -0.253. The third kappa shape index (κ3) is 10.4. The van der Waals surface area contributed by atoms with Gasteiger partial charge in [0.1, 0.15) is 0 Å². The third-order valence-corrected chi connectivity index (χ3v) is 11.2. The van der Waals surface area contributed by atoms with Crippen LogP contribution in [0.2, 0.25) is 0 Å². The lowest BCUT2D eigenvalue weighted by atomic mass is 9.97. The van der Waals surface area contributed by atoms with Crippen LogP contribution in [0, 0.1) is 0 Å². The fourth-order valence-electron chi connectivity index (χ4n) is 8.19. The molecule has 290 valence electrons. The Hall–Kier alpha value is -4.58. The van der Waals surface area contributed by atoms with Crippen molar-refractivity contribution in [2.24, 2.45) is 0 Å². The highest BCUT2D eigenvalue weighted by atomic mass is 16.7. The van der Waals surface area contributed by atoms with Gasteiger partial charge in [-0.15, -0.1) is 0 Å². The summed E-state index contributed by atoms with van der Waals surface area (Å²) >= 11 is 0. The van der Waals surface area contributed by atoms with Crippen molar-refractivity contribution in [3.63, 3.8) is 0 Å². The summed E-state index contributed by atoms with van der Waals surface area (Å²) in [4.78, 5) is 30.4. The molecule has 2 amide bonds. The normalized spacial score (nSPS) is 21.8. The zero-order valence-corrected chi connectivity index (χ0v) is 31.7. The van der Waals surface area contributed by atoms with E-state index >= 15 is 0 Å². The molecule has 4 unspecified atom stereocenters. The first-order valence-electron chi connectivity index (χ1n) is 20.0. The Morgan fingerprint density at radius 2 is 1.51 bits per heavy atom. The number of rotatable bonds is 15. The van der Waals surface area contributed by atoms with Gasteiger partial charge >= 0.3 is 0 Å². The van der Waals surface area contributed by atoms with Crippen molar-refractivity contribution in [2.45, 2.75) is 89.1 Å². The fraction of sp³-hybridized carbons (Fsp3) is 0.422. The molecule has 3 saturated heterocycles. The van der Waals surface area contributed by atoms with Gasteiger partial charge in [-0.05, 0) is 91.7 Å². The Kier molecular flexibility index (Phi) is 13.3. The maximum Gasteiger partial charge on any atom is 0.224 e. The molecule has 0 spiro atoms. The summed E-state index contributed by atoms with van der Waals surface area (Å²) in [5.74, 6) is -0.269. The molecule has 3 aliphatic heterocycles. The highest BCUT2D eigenvalue weighted by Gasteiger charge is 2.36. The minimum atomic E-state index is -0.517. The standard InChI is InChI=1S/C45H55N5O5/c46-40-12-3-4-13-41(40)48-44(53)15-7-14-43(52)47-28-36-9-1-2-11-39(36)33-20-22-35(23-21-33)45-54-38(27-42(55-45)34-18-16-32(31-51)17-19-34)30-50-26-8-10-37(50)29-49-24-5-6-25-49/h1-4,9,11-13,16-23,37-38,42,45,51H,5-8,10,14-15,24-31,46H2,(H,47,52)(H,48,53). The number of hydrogen-bond acceptors (Lipinski definition) is 8. The van der Waals surface area contributed by atoms with Crippen LogP contribution in [0.25, 0.3) is 11.1 Å². The second-order valence-electron chi connectivity index (χ2n) is 15.2. The van der Waals surface area contributed by atoms with Crippen molar-refractivity contribution < 1.29 is 24.2 Å². The Morgan fingerprint density at radius 1 is 0.782 bits per heavy atom. The number of nitrogens with two attached hydrogens (primary N) is 1. The number of anilines is 2. The molecule has 10 heteroatoms. The van der Waals surface area contributed by atoms with E-state index in [1.807, 2.05) is 42.5 Å². The minimum absolute atomic E-state index is 0.0153. The number of nitrogen functional groups attached to an aromatic ring is 1. The second-order valence-corrected chi connectivity index (χ2v) is 15.2. The number of hydrogen-bond donors (Lipinski definition) is 4. The molecular formula is C45H55N5O5. The quantitative estimate of drug-likeness (QED) is 0.0963. The molecule has 0 radical (unpaired) electrons. The van der Waals surface area contributed by atoms with E-state index in [1.54, 1.807) is 12.1 Å². The van der Waals surface area contributed by atoms with Gasteiger partial charge in [-0.3, -0.25) is 14.5 Å². The Bertz CT molecular complexity index is 1860. The van der Waals surface area contributed by atoms with Gasteiger partial charge in [0.25, 0.3) is 0 Å². The maximum atomic E-state index is 12.8. The number of ether oxygens (including phenoxy) is 2.